The van der Waals surface area contributed by atoms with Crippen LogP contribution < -0.4 is 10.1 Å². The molecule has 0 bridgehead atoms. The molecule has 0 saturated heterocycles. The number of nitrogens with one attached hydrogen (secondary N) is 1. The van der Waals surface area contributed by atoms with E-state index in [1.807, 2.05) is 31.5 Å². The summed E-state index contributed by atoms with van der Waals surface area (Å²) in [6.07, 6.45) is 3.80. The third kappa shape index (κ3) is 3.80. The number of rotatable bonds is 6. The minimum Gasteiger partial charge on any atom is -0.494 e. The van der Waals surface area contributed by atoms with E-state index in [1.54, 1.807) is 0 Å². The number of ether oxygens (including phenoxy) is 1. The van der Waals surface area contributed by atoms with E-state index in [4.69, 9.17) is 4.74 Å². The van der Waals surface area contributed by atoms with E-state index < -0.39 is 0 Å². The Balaban J connectivity index is 2.16. The fourth-order valence-electron chi connectivity index (χ4n) is 1.92. The zero-order valence-corrected chi connectivity index (χ0v) is 11.5. The highest BCUT2D eigenvalue weighted by Crippen LogP contribution is 2.22. The van der Waals surface area contributed by atoms with Gasteiger partial charge in [-0.3, -0.25) is 4.98 Å². The fourth-order valence-corrected chi connectivity index (χ4v) is 1.92. The fraction of sp³-hybridized carbons (Fsp3) is 0.312. The summed E-state index contributed by atoms with van der Waals surface area (Å²) in [5.74, 6) is 0.906. The van der Waals surface area contributed by atoms with Crippen LogP contribution in [0.15, 0.2) is 42.7 Å². The first-order chi connectivity index (χ1) is 9.33. The number of hydrogen-bond donors (Lipinski definition) is 1. The summed E-state index contributed by atoms with van der Waals surface area (Å²) < 4.78 is 5.45. The lowest BCUT2D eigenvalue weighted by molar-refractivity contribution is 0.340. The Labute approximate surface area is 114 Å². The number of pyridine rings is 1. The first-order valence-electron chi connectivity index (χ1n) is 6.71. The third-order valence-corrected chi connectivity index (χ3v) is 2.87. The zero-order valence-electron chi connectivity index (χ0n) is 11.5. The first-order valence-corrected chi connectivity index (χ1v) is 6.71. The van der Waals surface area contributed by atoms with Crippen LogP contribution in [0.25, 0.3) is 11.1 Å². The summed E-state index contributed by atoms with van der Waals surface area (Å²) in [6.45, 7) is 6.60. The lowest BCUT2D eigenvalue weighted by Crippen LogP contribution is -2.11. The van der Waals surface area contributed by atoms with Gasteiger partial charge in [-0.2, -0.15) is 0 Å². The van der Waals surface area contributed by atoms with Crippen LogP contribution in [-0.4, -0.2) is 18.1 Å². The minimum absolute atomic E-state index is 0.694. The second-order valence-corrected chi connectivity index (χ2v) is 4.32. The molecule has 3 nitrogen and oxygen atoms in total. The second kappa shape index (κ2) is 6.90. The number of nitrogens with zero attached hydrogens (tertiary/aromatic N) is 1. The average molecular weight is 256 g/mol. The average Bonchev–Trinajstić information content (AvgIpc) is 2.46. The van der Waals surface area contributed by atoms with Gasteiger partial charge in [0.15, 0.2) is 0 Å². The molecule has 1 heterocycles. The largest absolute Gasteiger partial charge is 0.494 e. The molecule has 100 valence electrons. The standard InChI is InChI=1S/C16H20N2O/c1-3-17-10-13-9-15(12-18-11-13)14-5-7-16(8-6-14)19-4-2/h5-9,11-12,17H,3-4,10H2,1-2H3. The quantitative estimate of drug-likeness (QED) is 0.861. The molecule has 0 aliphatic rings. The van der Waals surface area contributed by atoms with Gasteiger partial charge in [0.1, 0.15) is 5.75 Å². The Morgan fingerprint density at radius 2 is 1.84 bits per heavy atom. The lowest BCUT2D eigenvalue weighted by Gasteiger charge is -2.07. The molecular formula is C16H20N2O. The monoisotopic (exact) mass is 256 g/mol. The number of benzene rings is 1. The van der Waals surface area contributed by atoms with E-state index >= 15 is 0 Å². The third-order valence-electron chi connectivity index (χ3n) is 2.87. The van der Waals surface area contributed by atoms with E-state index in [-0.39, 0.29) is 0 Å². The SMILES string of the molecule is CCNCc1cncc(-c2ccc(OCC)cc2)c1. The van der Waals surface area contributed by atoms with Crippen LogP contribution >= 0.6 is 0 Å². The van der Waals surface area contributed by atoms with Gasteiger partial charge in [0, 0.05) is 24.5 Å². The van der Waals surface area contributed by atoms with Gasteiger partial charge in [-0.15, -0.1) is 0 Å². The molecule has 0 unspecified atom stereocenters. The molecule has 0 radical (unpaired) electrons. The van der Waals surface area contributed by atoms with E-state index in [9.17, 15) is 0 Å². The molecule has 1 aromatic heterocycles. The minimum atomic E-state index is 0.694. The number of aromatic nitrogens is 1. The summed E-state index contributed by atoms with van der Waals surface area (Å²) in [7, 11) is 0. The van der Waals surface area contributed by atoms with Crippen molar-refractivity contribution in [1.82, 2.24) is 10.3 Å². The normalized spacial score (nSPS) is 10.4. The highest BCUT2D eigenvalue weighted by atomic mass is 16.5. The molecule has 19 heavy (non-hydrogen) atoms. The van der Waals surface area contributed by atoms with Gasteiger partial charge in [0.25, 0.3) is 0 Å². The summed E-state index contributed by atoms with van der Waals surface area (Å²) in [5.41, 5.74) is 3.50. The molecule has 0 saturated carbocycles. The Bertz CT molecular complexity index is 508. The van der Waals surface area contributed by atoms with Crippen molar-refractivity contribution >= 4 is 0 Å². The van der Waals surface area contributed by atoms with Crippen molar-refractivity contribution in [3.8, 4) is 16.9 Å². The van der Waals surface area contributed by atoms with Crippen molar-refractivity contribution in [3.05, 3.63) is 48.3 Å². The van der Waals surface area contributed by atoms with Crippen LogP contribution in [0, 0.1) is 0 Å². The maximum absolute atomic E-state index is 5.45. The van der Waals surface area contributed by atoms with Crippen molar-refractivity contribution in [1.29, 1.82) is 0 Å². The summed E-state index contributed by atoms with van der Waals surface area (Å²) >= 11 is 0. The molecule has 3 heteroatoms. The maximum Gasteiger partial charge on any atom is 0.119 e. The molecule has 0 aliphatic carbocycles. The molecule has 2 aromatic rings. The van der Waals surface area contributed by atoms with Crippen molar-refractivity contribution < 1.29 is 4.74 Å². The van der Waals surface area contributed by atoms with Crippen LogP contribution in [0.3, 0.4) is 0 Å². The van der Waals surface area contributed by atoms with E-state index in [0.717, 1.165) is 30.0 Å². The molecular weight excluding hydrogens is 236 g/mol. The Morgan fingerprint density at radius 1 is 1.05 bits per heavy atom. The molecule has 2 rings (SSSR count). The number of hydrogen-bond acceptors (Lipinski definition) is 3. The van der Waals surface area contributed by atoms with Gasteiger partial charge >= 0.3 is 0 Å². The molecule has 0 amide bonds. The Hall–Kier alpha value is -1.87. The zero-order chi connectivity index (χ0) is 13.5. The summed E-state index contributed by atoms with van der Waals surface area (Å²) in [6, 6.07) is 10.3. The topological polar surface area (TPSA) is 34.2 Å². The van der Waals surface area contributed by atoms with E-state index in [1.165, 1.54) is 5.56 Å². The molecule has 0 fully saturated rings. The van der Waals surface area contributed by atoms with Crippen LogP contribution in [0.2, 0.25) is 0 Å². The van der Waals surface area contributed by atoms with Gasteiger partial charge in [-0.05, 0) is 42.8 Å². The predicted molar refractivity (Wildman–Crippen MR) is 78.2 cm³/mol. The molecule has 0 atom stereocenters. The molecule has 1 aromatic carbocycles. The molecule has 0 aliphatic heterocycles. The molecule has 1 N–H and O–H groups in total. The van der Waals surface area contributed by atoms with Crippen molar-refractivity contribution in [3.63, 3.8) is 0 Å². The van der Waals surface area contributed by atoms with Gasteiger partial charge in [0.2, 0.25) is 0 Å². The van der Waals surface area contributed by atoms with Gasteiger partial charge in [0.05, 0.1) is 6.61 Å². The lowest BCUT2D eigenvalue weighted by atomic mass is 10.1. The highest BCUT2D eigenvalue weighted by molar-refractivity contribution is 5.63. The van der Waals surface area contributed by atoms with Crippen molar-refractivity contribution in [2.45, 2.75) is 20.4 Å². The maximum atomic E-state index is 5.45. The predicted octanol–water partition coefficient (Wildman–Crippen LogP) is 3.26. The summed E-state index contributed by atoms with van der Waals surface area (Å²) in [4.78, 5) is 4.30. The molecule has 0 spiro atoms. The van der Waals surface area contributed by atoms with E-state index in [0.29, 0.717) is 6.61 Å². The van der Waals surface area contributed by atoms with Gasteiger partial charge in [-0.1, -0.05) is 19.1 Å². The van der Waals surface area contributed by atoms with Crippen LogP contribution in [-0.2, 0) is 6.54 Å². The second-order valence-electron chi connectivity index (χ2n) is 4.32. The van der Waals surface area contributed by atoms with Crippen LogP contribution in [0.5, 0.6) is 5.75 Å². The van der Waals surface area contributed by atoms with Gasteiger partial charge in [-0.25, -0.2) is 0 Å². The smallest absolute Gasteiger partial charge is 0.119 e. The first kappa shape index (κ1) is 13.6. The van der Waals surface area contributed by atoms with Crippen LogP contribution in [0.4, 0.5) is 0 Å². The Kier molecular flexibility index (Phi) is 4.93. The van der Waals surface area contributed by atoms with Crippen molar-refractivity contribution in [2.75, 3.05) is 13.2 Å². The highest BCUT2D eigenvalue weighted by Gasteiger charge is 2.01. The van der Waals surface area contributed by atoms with E-state index in [2.05, 4.69) is 35.4 Å². The Morgan fingerprint density at radius 3 is 2.53 bits per heavy atom. The van der Waals surface area contributed by atoms with Crippen LogP contribution in [0.1, 0.15) is 19.4 Å². The van der Waals surface area contributed by atoms with Gasteiger partial charge < -0.3 is 10.1 Å². The van der Waals surface area contributed by atoms with Crippen molar-refractivity contribution in [2.24, 2.45) is 0 Å². The summed E-state index contributed by atoms with van der Waals surface area (Å²) in [5, 5.41) is 3.31.